The van der Waals surface area contributed by atoms with Crippen LogP contribution in [0.4, 0.5) is 0 Å². The van der Waals surface area contributed by atoms with Gasteiger partial charge in [0.05, 0.1) is 28.0 Å². The number of nitrogens with one attached hydrogen (secondary N) is 1. The van der Waals surface area contributed by atoms with Crippen molar-refractivity contribution in [1.82, 2.24) is 20.0 Å². The number of aliphatic hydroxyl groups excluding tert-OH is 1. The molecule has 0 radical (unpaired) electrons. The Kier molecular flexibility index (Phi) is 7.81. The molecule has 0 aliphatic carbocycles. The van der Waals surface area contributed by atoms with Gasteiger partial charge in [0.25, 0.3) is 0 Å². The molecule has 2 N–H and O–H groups in total. The number of hydrogen-bond donors (Lipinski definition) is 2. The molecule has 4 rings (SSSR count). The lowest BCUT2D eigenvalue weighted by atomic mass is 9.94. The van der Waals surface area contributed by atoms with Crippen LogP contribution in [0.2, 0.25) is 10.0 Å². The Labute approximate surface area is 208 Å². The third-order valence-corrected chi connectivity index (χ3v) is 7.88. The summed E-state index contributed by atoms with van der Waals surface area (Å²) in [6.45, 7) is 1.64. The van der Waals surface area contributed by atoms with Gasteiger partial charge in [0, 0.05) is 24.5 Å². The van der Waals surface area contributed by atoms with Gasteiger partial charge in [-0.05, 0) is 25.1 Å². The highest BCUT2D eigenvalue weighted by atomic mass is 35.5. The molecule has 6 atom stereocenters. The fourth-order valence-electron chi connectivity index (χ4n) is 3.80. The van der Waals surface area contributed by atoms with Gasteiger partial charge in [-0.25, -0.2) is 4.68 Å². The van der Waals surface area contributed by atoms with E-state index in [1.54, 1.807) is 49.5 Å². The van der Waals surface area contributed by atoms with E-state index in [9.17, 15) is 9.90 Å². The Morgan fingerprint density at radius 1 is 1.27 bits per heavy atom. The van der Waals surface area contributed by atoms with Gasteiger partial charge < -0.3 is 24.3 Å². The lowest BCUT2D eigenvalue weighted by molar-refractivity contribution is -0.208. The molecule has 1 fully saturated rings. The van der Waals surface area contributed by atoms with Crippen molar-refractivity contribution < 1.29 is 19.3 Å². The van der Waals surface area contributed by atoms with Gasteiger partial charge in [-0.2, -0.15) is 0 Å². The van der Waals surface area contributed by atoms with Crippen molar-refractivity contribution in [1.29, 1.82) is 0 Å². The number of aliphatic hydroxyl groups is 1. The van der Waals surface area contributed by atoms with E-state index in [-0.39, 0.29) is 4.87 Å². The molecule has 0 amide bonds. The van der Waals surface area contributed by atoms with E-state index in [0.717, 1.165) is 16.2 Å². The summed E-state index contributed by atoms with van der Waals surface area (Å²) < 4.78 is 19.5. The standard InChI is InChI=1S/C20H22Cl2N4O5S2/c1-9(27)16-17(29-2)15(26-7-13(24-25-26)14-8-32-20(28)23-14)18(30-3)19(31-16)33-10-4-5-11(21)12(22)6-10/h4-9,15-19,27H,1-3H3,(H,23,28)/t9?,15?,16?,17-,18?,19-/m1/s1. The average molecular weight is 533 g/mol. The Hall–Kier alpha value is -1.44. The van der Waals surface area contributed by atoms with Crippen molar-refractivity contribution in [2.24, 2.45) is 0 Å². The minimum Gasteiger partial charge on any atom is -0.391 e. The summed E-state index contributed by atoms with van der Waals surface area (Å²) >= 11 is 14.7. The summed E-state index contributed by atoms with van der Waals surface area (Å²) in [5.41, 5.74) is 0.545. The predicted octanol–water partition coefficient (Wildman–Crippen LogP) is 3.47. The van der Waals surface area contributed by atoms with E-state index in [2.05, 4.69) is 15.3 Å². The van der Waals surface area contributed by atoms with Crippen LogP contribution in [0.5, 0.6) is 0 Å². The van der Waals surface area contributed by atoms with Gasteiger partial charge in [0.15, 0.2) is 0 Å². The Balaban J connectivity index is 1.71. The number of halogens is 2. The Morgan fingerprint density at radius 2 is 2.03 bits per heavy atom. The normalized spacial score (nSPS) is 26.4. The summed E-state index contributed by atoms with van der Waals surface area (Å²) in [6, 6.07) is 4.81. The number of H-pyrrole nitrogens is 1. The maximum Gasteiger partial charge on any atom is 0.304 e. The van der Waals surface area contributed by atoms with Gasteiger partial charge in [0.1, 0.15) is 35.5 Å². The molecule has 2 aromatic heterocycles. The Bertz CT molecular complexity index is 1150. The summed E-state index contributed by atoms with van der Waals surface area (Å²) in [5.74, 6) is 0. The number of ether oxygens (including phenoxy) is 3. The van der Waals surface area contributed by atoms with Crippen molar-refractivity contribution in [3.05, 3.63) is 49.5 Å². The number of thiazole rings is 1. The zero-order valence-corrected chi connectivity index (χ0v) is 21.0. The smallest absolute Gasteiger partial charge is 0.304 e. The van der Waals surface area contributed by atoms with Crippen molar-refractivity contribution in [3.63, 3.8) is 0 Å². The summed E-state index contributed by atoms with van der Waals surface area (Å²) in [7, 11) is 3.12. The third-order valence-electron chi connectivity index (χ3n) is 5.33. The molecule has 178 valence electrons. The second kappa shape index (κ2) is 10.4. The van der Waals surface area contributed by atoms with E-state index < -0.39 is 35.9 Å². The molecule has 3 aromatic rings. The van der Waals surface area contributed by atoms with Crippen LogP contribution in [-0.4, -0.2) is 69.2 Å². The largest absolute Gasteiger partial charge is 0.391 e. The molecule has 13 heteroatoms. The maximum absolute atomic E-state index is 11.6. The van der Waals surface area contributed by atoms with Crippen LogP contribution in [-0.2, 0) is 14.2 Å². The molecular weight excluding hydrogens is 511 g/mol. The monoisotopic (exact) mass is 532 g/mol. The highest BCUT2D eigenvalue weighted by Crippen LogP contribution is 2.42. The number of benzene rings is 1. The van der Waals surface area contributed by atoms with E-state index in [0.29, 0.717) is 21.4 Å². The summed E-state index contributed by atoms with van der Waals surface area (Å²) in [5, 5.41) is 21.5. The lowest BCUT2D eigenvalue weighted by Gasteiger charge is -2.46. The van der Waals surface area contributed by atoms with Gasteiger partial charge in [-0.3, -0.25) is 4.79 Å². The fourth-order valence-corrected chi connectivity index (χ4v) is 5.92. The molecule has 0 saturated carbocycles. The molecule has 33 heavy (non-hydrogen) atoms. The molecule has 1 saturated heterocycles. The molecule has 1 aliphatic heterocycles. The zero-order valence-electron chi connectivity index (χ0n) is 17.8. The molecule has 1 aliphatic rings. The SMILES string of the molecule is COC1C(n2cc(-c3csc(=O)[nH]3)nn2)[C@@H](OC)C(C(C)O)O[C@@H]1Sc1ccc(Cl)c(Cl)c1. The number of aromatic nitrogens is 4. The predicted molar refractivity (Wildman–Crippen MR) is 127 cm³/mol. The van der Waals surface area contributed by atoms with Crippen LogP contribution in [0.1, 0.15) is 13.0 Å². The first-order valence-electron chi connectivity index (χ1n) is 9.93. The second-order valence-electron chi connectivity index (χ2n) is 7.44. The van der Waals surface area contributed by atoms with Gasteiger partial charge in [-0.15, -0.1) is 5.10 Å². The van der Waals surface area contributed by atoms with Crippen LogP contribution < -0.4 is 4.87 Å². The fraction of sp³-hybridized carbons (Fsp3) is 0.450. The highest BCUT2D eigenvalue weighted by molar-refractivity contribution is 7.99. The second-order valence-corrected chi connectivity index (χ2v) is 10.3. The number of hydrogen-bond acceptors (Lipinski definition) is 9. The minimum absolute atomic E-state index is 0.178. The van der Waals surface area contributed by atoms with Gasteiger partial charge >= 0.3 is 4.87 Å². The number of rotatable bonds is 7. The minimum atomic E-state index is -0.830. The van der Waals surface area contributed by atoms with Crippen LogP contribution in [0.25, 0.3) is 11.4 Å². The number of aromatic amines is 1. The van der Waals surface area contributed by atoms with Gasteiger partial charge in [-0.1, -0.05) is 51.5 Å². The first-order chi connectivity index (χ1) is 15.8. The van der Waals surface area contributed by atoms with E-state index in [1.807, 2.05) is 6.07 Å². The first-order valence-corrected chi connectivity index (χ1v) is 12.4. The van der Waals surface area contributed by atoms with Crippen LogP contribution in [0.3, 0.4) is 0 Å². The number of methoxy groups -OCH3 is 2. The quantitative estimate of drug-likeness (QED) is 0.475. The van der Waals surface area contributed by atoms with E-state index in [1.165, 1.54) is 11.8 Å². The van der Waals surface area contributed by atoms with Crippen molar-refractivity contribution in [2.75, 3.05) is 14.2 Å². The maximum atomic E-state index is 11.6. The molecular formula is C20H22Cl2N4O5S2. The van der Waals surface area contributed by atoms with E-state index in [4.69, 9.17) is 37.4 Å². The topological polar surface area (TPSA) is 111 Å². The summed E-state index contributed by atoms with van der Waals surface area (Å²) in [6.07, 6.45) is -0.896. The van der Waals surface area contributed by atoms with Gasteiger partial charge in [0.2, 0.25) is 0 Å². The zero-order chi connectivity index (χ0) is 23.7. The van der Waals surface area contributed by atoms with Crippen molar-refractivity contribution in [3.8, 4) is 11.4 Å². The van der Waals surface area contributed by atoms with Crippen molar-refractivity contribution in [2.45, 2.75) is 47.7 Å². The molecule has 0 spiro atoms. The van der Waals surface area contributed by atoms with Crippen LogP contribution >= 0.6 is 46.3 Å². The van der Waals surface area contributed by atoms with Crippen LogP contribution in [0, 0.1) is 0 Å². The van der Waals surface area contributed by atoms with Crippen molar-refractivity contribution >= 4 is 46.3 Å². The molecule has 9 nitrogen and oxygen atoms in total. The highest BCUT2D eigenvalue weighted by Gasteiger charge is 2.50. The average Bonchev–Trinajstić information content (AvgIpc) is 3.44. The first kappa shape index (κ1) is 24.7. The third kappa shape index (κ3) is 5.15. The lowest BCUT2D eigenvalue weighted by Crippen LogP contribution is -2.58. The molecule has 3 heterocycles. The summed E-state index contributed by atoms with van der Waals surface area (Å²) in [4.78, 5) is 14.9. The number of thioether (sulfide) groups is 1. The molecule has 1 aromatic carbocycles. The van der Waals surface area contributed by atoms with Crippen LogP contribution in [0.15, 0.2) is 39.5 Å². The molecule has 4 unspecified atom stereocenters. The number of nitrogens with zero attached hydrogens (tertiary/aromatic N) is 3. The Morgan fingerprint density at radius 3 is 2.64 bits per heavy atom. The van der Waals surface area contributed by atoms with E-state index >= 15 is 0 Å². The molecule has 0 bridgehead atoms.